The molecule has 0 aliphatic heterocycles. The van der Waals surface area contributed by atoms with Gasteiger partial charge in [-0.05, 0) is 42.7 Å². The molecule has 20 heavy (non-hydrogen) atoms. The second-order valence-corrected chi connectivity index (χ2v) is 4.69. The third-order valence-electron chi connectivity index (χ3n) is 2.87. The lowest BCUT2D eigenvalue weighted by Gasteiger charge is -2.13. The van der Waals surface area contributed by atoms with Gasteiger partial charge in [-0.1, -0.05) is 12.1 Å². The van der Waals surface area contributed by atoms with E-state index in [0.29, 0.717) is 13.0 Å². The quantitative estimate of drug-likeness (QED) is 0.882. The summed E-state index contributed by atoms with van der Waals surface area (Å²) in [6.07, 6.45) is 3.98. The Balaban J connectivity index is 1.73. The number of hydrogen-bond donors (Lipinski definition) is 2. The molecule has 5 heteroatoms. The van der Waals surface area contributed by atoms with Gasteiger partial charge >= 0.3 is 6.03 Å². The smallest absolute Gasteiger partial charge is 0.315 e. The number of carbonyl (C=O) groups is 1. The molecule has 106 valence electrons. The van der Waals surface area contributed by atoms with E-state index in [1.54, 1.807) is 24.7 Å². The van der Waals surface area contributed by atoms with E-state index in [0.717, 1.165) is 11.1 Å². The lowest BCUT2D eigenvalue weighted by Crippen LogP contribution is -2.41. The van der Waals surface area contributed by atoms with E-state index in [2.05, 4.69) is 10.6 Å². The predicted molar refractivity (Wildman–Crippen MR) is 73.6 cm³/mol. The average molecular weight is 276 g/mol. The summed E-state index contributed by atoms with van der Waals surface area (Å²) >= 11 is 0. The minimum absolute atomic E-state index is 0.000757. The van der Waals surface area contributed by atoms with Crippen LogP contribution < -0.4 is 10.6 Å². The average Bonchev–Trinajstić information content (AvgIpc) is 2.90. The van der Waals surface area contributed by atoms with Crippen LogP contribution in [0.3, 0.4) is 0 Å². The third kappa shape index (κ3) is 4.42. The first kappa shape index (κ1) is 14.1. The van der Waals surface area contributed by atoms with Crippen LogP contribution in [0.2, 0.25) is 0 Å². The zero-order chi connectivity index (χ0) is 14.4. The molecule has 1 heterocycles. The zero-order valence-electron chi connectivity index (χ0n) is 11.2. The van der Waals surface area contributed by atoms with Crippen LogP contribution in [0.15, 0.2) is 47.3 Å². The maximum Gasteiger partial charge on any atom is 0.315 e. The Hall–Kier alpha value is -2.30. The minimum atomic E-state index is -0.285. The van der Waals surface area contributed by atoms with Crippen molar-refractivity contribution in [3.63, 3.8) is 0 Å². The first-order valence-electron chi connectivity index (χ1n) is 6.43. The predicted octanol–water partition coefficient (Wildman–Crippen LogP) is 2.85. The van der Waals surface area contributed by atoms with Gasteiger partial charge in [0.25, 0.3) is 0 Å². The highest BCUT2D eigenvalue weighted by Gasteiger charge is 2.08. The van der Waals surface area contributed by atoms with E-state index in [1.165, 1.54) is 12.1 Å². The van der Waals surface area contributed by atoms with Gasteiger partial charge in [0.05, 0.1) is 12.5 Å². The Morgan fingerprint density at radius 2 is 2.00 bits per heavy atom. The van der Waals surface area contributed by atoms with E-state index >= 15 is 0 Å². The molecular weight excluding hydrogens is 259 g/mol. The van der Waals surface area contributed by atoms with Crippen molar-refractivity contribution in [1.29, 1.82) is 0 Å². The number of nitrogens with one attached hydrogen (secondary N) is 2. The highest BCUT2D eigenvalue weighted by Crippen LogP contribution is 2.04. The molecule has 1 atom stereocenters. The molecule has 0 aliphatic carbocycles. The van der Waals surface area contributed by atoms with Gasteiger partial charge in [0, 0.05) is 12.6 Å². The largest absolute Gasteiger partial charge is 0.472 e. The number of amides is 2. The van der Waals surface area contributed by atoms with Gasteiger partial charge in [-0.25, -0.2) is 9.18 Å². The van der Waals surface area contributed by atoms with Crippen LogP contribution in [-0.4, -0.2) is 12.1 Å². The molecule has 1 unspecified atom stereocenters. The standard InChI is InChI=1S/C15H17FN2O2/c1-11(8-13-6-7-20-10-13)18-15(19)17-9-12-2-4-14(16)5-3-12/h2-7,10-11H,8-9H2,1H3,(H2,17,18,19). The van der Waals surface area contributed by atoms with E-state index in [1.807, 2.05) is 13.0 Å². The zero-order valence-corrected chi connectivity index (χ0v) is 11.2. The summed E-state index contributed by atoms with van der Waals surface area (Å²) in [5.41, 5.74) is 1.89. The number of carbonyl (C=O) groups excluding carboxylic acids is 1. The van der Waals surface area contributed by atoms with Crippen molar-refractivity contribution >= 4 is 6.03 Å². The summed E-state index contributed by atoms with van der Waals surface area (Å²) in [6, 6.07) is 7.66. The number of urea groups is 1. The van der Waals surface area contributed by atoms with E-state index in [4.69, 9.17) is 4.42 Å². The van der Waals surface area contributed by atoms with Gasteiger partial charge in [-0.3, -0.25) is 0 Å². The van der Waals surface area contributed by atoms with Crippen molar-refractivity contribution in [3.8, 4) is 0 Å². The Bertz CT molecular complexity index is 538. The van der Waals surface area contributed by atoms with Crippen LogP contribution in [0.25, 0.3) is 0 Å². The Morgan fingerprint density at radius 1 is 1.25 bits per heavy atom. The summed E-state index contributed by atoms with van der Waals surface area (Å²) in [7, 11) is 0. The molecule has 2 amide bonds. The lowest BCUT2D eigenvalue weighted by atomic mass is 10.1. The molecule has 0 saturated heterocycles. The highest BCUT2D eigenvalue weighted by atomic mass is 19.1. The Kier molecular flexibility index (Phi) is 4.76. The monoisotopic (exact) mass is 276 g/mol. The van der Waals surface area contributed by atoms with E-state index < -0.39 is 0 Å². The topological polar surface area (TPSA) is 54.3 Å². The second-order valence-electron chi connectivity index (χ2n) is 4.69. The molecule has 0 spiro atoms. The maximum atomic E-state index is 12.7. The molecule has 2 rings (SSSR count). The lowest BCUT2D eigenvalue weighted by molar-refractivity contribution is 0.237. The van der Waals surface area contributed by atoms with E-state index in [9.17, 15) is 9.18 Å². The molecule has 1 aromatic carbocycles. The summed E-state index contributed by atoms with van der Waals surface area (Å²) in [4.78, 5) is 11.7. The Labute approximate surface area is 117 Å². The van der Waals surface area contributed by atoms with Gasteiger partial charge < -0.3 is 15.1 Å². The summed E-state index contributed by atoms with van der Waals surface area (Å²) in [5.74, 6) is -0.285. The van der Waals surface area contributed by atoms with Crippen LogP contribution in [0.1, 0.15) is 18.1 Å². The van der Waals surface area contributed by atoms with Crippen molar-refractivity contribution in [2.45, 2.75) is 25.9 Å². The molecule has 0 radical (unpaired) electrons. The number of furan rings is 1. The molecule has 0 fully saturated rings. The first-order valence-corrected chi connectivity index (χ1v) is 6.43. The van der Waals surface area contributed by atoms with Crippen molar-refractivity contribution < 1.29 is 13.6 Å². The van der Waals surface area contributed by atoms with Gasteiger partial charge in [0.2, 0.25) is 0 Å². The van der Waals surface area contributed by atoms with Crippen LogP contribution in [0, 0.1) is 5.82 Å². The van der Waals surface area contributed by atoms with Gasteiger partial charge in [0.1, 0.15) is 5.82 Å². The van der Waals surface area contributed by atoms with Crippen LogP contribution in [-0.2, 0) is 13.0 Å². The fraction of sp³-hybridized carbons (Fsp3) is 0.267. The van der Waals surface area contributed by atoms with Crippen molar-refractivity contribution in [1.82, 2.24) is 10.6 Å². The molecule has 2 N–H and O–H groups in total. The SMILES string of the molecule is CC(Cc1ccoc1)NC(=O)NCc1ccc(F)cc1. The van der Waals surface area contributed by atoms with Gasteiger partial charge in [-0.2, -0.15) is 0 Å². The summed E-state index contributed by atoms with van der Waals surface area (Å²) in [6.45, 7) is 2.29. The van der Waals surface area contributed by atoms with Crippen molar-refractivity contribution in [2.75, 3.05) is 0 Å². The summed E-state index contributed by atoms with van der Waals surface area (Å²) < 4.78 is 17.7. The normalized spacial score (nSPS) is 11.9. The maximum absolute atomic E-state index is 12.7. The molecule has 1 aromatic heterocycles. The number of rotatable bonds is 5. The number of benzene rings is 1. The highest BCUT2D eigenvalue weighted by molar-refractivity contribution is 5.74. The number of hydrogen-bond acceptors (Lipinski definition) is 2. The molecule has 4 nitrogen and oxygen atoms in total. The van der Waals surface area contributed by atoms with Crippen LogP contribution in [0.4, 0.5) is 9.18 Å². The van der Waals surface area contributed by atoms with E-state index in [-0.39, 0.29) is 17.9 Å². The molecular formula is C15H17FN2O2. The molecule has 2 aromatic rings. The van der Waals surface area contributed by atoms with Crippen LogP contribution >= 0.6 is 0 Å². The minimum Gasteiger partial charge on any atom is -0.472 e. The van der Waals surface area contributed by atoms with Crippen molar-refractivity contribution in [2.24, 2.45) is 0 Å². The Morgan fingerprint density at radius 3 is 2.65 bits per heavy atom. The number of halogens is 1. The summed E-state index contributed by atoms with van der Waals surface area (Å²) in [5, 5.41) is 5.57. The van der Waals surface area contributed by atoms with Gasteiger partial charge in [-0.15, -0.1) is 0 Å². The van der Waals surface area contributed by atoms with Crippen molar-refractivity contribution in [3.05, 3.63) is 59.8 Å². The molecule has 0 bridgehead atoms. The van der Waals surface area contributed by atoms with Crippen LogP contribution in [0.5, 0.6) is 0 Å². The molecule has 0 saturated carbocycles. The fourth-order valence-electron chi connectivity index (χ4n) is 1.87. The fourth-order valence-corrected chi connectivity index (χ4v) is 1.87. The molecule has 0 aliphatic rings. The first-order chi connectivity index (χ1) is 9.63. The second kappa shape index (κ2) is 6.75. The third-order valence-corrected chi connectivity index (χ3v) is 2.87. The van der Waals surface area contributed by atoms with Gasteiger partial charge in [0.15, 0.2) is 0 Å².